The summed E-state index contributed by atoms with van der Waals surface area (Å²) >= 11 is 0. The highest BCUT2D eigenvalue weighted by molar-refractivity contribution is 5.78. The van der Waals surface area contributed by atoms with Crippen LogP contribution in [0.4, 0.5) is 13.2 Å². The van der Waals surface area contributed by atoms with Crippen molar-refractivity contribution < 1.29 is 28.2 Å². The van der Waals surface area contributed by atoms with Gasteiger partial charge in [-0.05, 0) is 12.3 Å². The van der Waals surface area contributed by atoms with Crippen LogP contribution in [0, 0.1) is 5.92 Å². The number of hydrogen-bond donors (Lipinski definition) is 2. The molecule has 13 heavy (non-hydrogen) atoms. The molecule has 0 aliphatic rings. The van der Waals surface area contributed by atoms with Crippen LogP contribution >= 0.6 is 0 Å². The van der Waals surface area contributed by atoms with E-state index in [0.717, 1.165) is 0 Å². The van der Waals surface area contributed by atoms with Crippen molar-refractivity contribution in [2.75, 3.05) is 0 Å². The summed E-state index contributed by atoms with van der Waals surface area (Å²) in [6, 6.07) is 0. The van der Waals surface area contributed by atoms with Crippen LogP contribution in [0.3, 0.4) is 0 Å². The van der Waals surface area contributed by atoms with E-state index in [9.17, 15) is 18.0 Å². The number of carbonyl (C=O) groups is 1. The number of aliphatic hydroxyl groups is 1. The maximum absolute atomic E-state index is 12.1. The molecule has 0 bridgehead atoms. The number of alkyl halides is 3. The Morgan fingerprint density at radius 3 is 1.85 bits per heavy atom. The van der Waals surface area contributed by atoms with Gasteiger partial charge in [0, 0.05) is 0 Å². The fourth-order valence-corrected chi connectivity index (χ4v) is 0.915. The molecule has 0 heterocycles. The number of hydrogen-bond acceptors (Lipinski definition) is 2. The summed E-state index contributed by atoms with van der Waals surface area (Å²) in [7, 11) is 0. The Bertz CT molecular complexity index is 200. The van der Waals surface area contributed by atoms with E-state index in [1.807, 2.05) is 0 Å². The molecular weight excluding hydrogens is 189 g/mol. The van der Waals surface area contributed by atoms with Crippen molar-refractivity contribution >= 4 is 5.97 Å². The lowest BCUT2D eigenvalue weighted by atomic mass is 9.92. The minimum atomic E-state index is -5.14. The van der Waals surface area contributed by atoms with Gasteiger partial charge in [-0.1, -0.05) is 13.8 Å². The molecule has 0 rings (SSSR count). The van der Waals surface area contributed by atoms with Crippen molar-refractivity contribution in [2.45, 2.75) is 32.0 Å². The third-order valence-electron chi connectivity index (χ3n) is 1.53. The molecule has 0 aliphatic heterocycles. The van der Waals surface area contributed by atoms with Gasteiger partial charge in [-0.25, -0.2) is 4.79 Å². The first-order chi connectivity index (χ1) is 5.61. The summed E-state index contributed by atoms with van der Waals surface area (Å²) in [6.07, 6.45) is -5.98. The zero-order valence-electron chi connectivity index (χ0n) is 7.22. The molecule has 0 spiro atoms. The summed E-state index contributed by atoms with van der Waals surface area (Å²) in [5.41, 5.74) is -3.62. The van der Waals surface area contributed by atoms with Crippen molar-refractivity contribution in [2.24, 2.45) is 5.92 Å². The first-order valence-electron chi connectivity index (χ1n) is 3.63. The predicted octanol–water partition coefficient (Wildman–Crippen LogP) is 1.41. The van der Waals surface area contributed by atoms with E-state index in [0.29, 0.717) is 0 Å². The number of halogens is 3. The van der Waals surface area contributed by atoms with E-state index >= 15 is 0 Å². The van der Waals surface area contributed by atoms with E-state index in [1.54, 1.807) is 0 Å². The van der Waals surface area contributed by atoms with Gasteiger partial charge in [0.2, 0.25) is 0 Å². The third-order valence-corrected chi connectivity index (χ3v) is 1.53. The summed E-state index contributed by atoms with van der Waals surface area (Å²) in [5, 5.41) is 17.1. The van der Waals surface area contributed by atoms with Crippen LogP contribution in [-0.4, -0.2) is 28.0 Å². The fourth-order valence-electron chi connectivity index (χ4n) is 0.915. The summed E-state index contributed by atoms with van der Waals surface area (Å²) in [5.74, 6) is -2.81. The molecule has 0 saturated carbocycles. The van der Waals surface area contributed by atoms with Crippen LogP contribution in [0.5, 0.6) is 0 Å². The van der Waals surface area contributed by atoms with Gasteiger partial charge in [0.05, 0.1) is 0 Å². The maximum Gasteiger partial charge on any atom is 0.428 e. The SMILES string of the molecule is CC(C)CC(O)(C(=O)O)C(F)(F)F. The van der Waals surface area contributed by atoms with Crippen LogP contribution < -0.4 is 0 Å². The topological polar surface area (TPSA) is 57.5 Å². The Morgan fingerprint density at radius 2 is 1.77 bits per heavy atom. The van der Waals surface area contributed by atoms with E-state index < -0.39 is 30.1 Å². The van der Waals surface area contributed by atoms with Gasteiger partial charge in [-0.3, -0.25) is 0 Å². The second-order valence-electron chi connectivity index (χ2n) is 3.26. The molecule has 0 aliphatic carbocycles. The Balaban J connectivity index is 4.85. The van der Waals surface area contributed by atoms with Gasteiger partial charge in [0.1, 0.15) is 0 Å². The molecule has 0 amide bonds. The molecule has 0 aromatic heterocycles. The zero-order valence-corrected chi connectivity index (χ0v) is 7.22. The van der Waals surface area contributed by atoms with Gasteiger partial charge in [0.15, 0.2) is 0 Å². The van der Waals surface area contributed by atoms with E-state index in [2.05, 4.69) is 0 Å². The first kappa shape index (κ1) is 12.2. The average molecular weight is 200 g/mol. The van der Waals surface area contributed by atoms with Gasteiger partial charge >= 0.3 is 12.1 Å². The van der Waals surface area contributed by atoms with E-state index in [4.69, 9.17) is 10.2 Å². The summed E-state index contributed by atoms with van der Waals surface area (Å²) in [4.78, 5) is 10.2. The molecule has 0 saturated heterocycles. The second-order valence-corrected chi connectivity index (χ2v) is 3.26. The molecule has 0 fully saturated rings. The van der Waals surface area contributed by atoms with Gasteiger partial charge in [-0.2, -0.15) is 13.2 Å². The standard InChI is InChI=1S/C7H11F3O3/c1-4(2)3-6(13,5(11)12)7(8,9)10/h4,13H,3H2,1-2H3,(H,11,12). The van der Waals surface area contributed by atoms with Crippen LogP contribution in [0.25, 0.3) is 0 Å². The van der Waals surface area contributed by atoms with E-state index in [1.165, 1.54) is 13.8 Å². The minimum absolute atomic E-state index is 0.553. The molecule has 0 aromatic rings. The molecule has 0 radical (unpaired) electrons. The number of aliphatic carboxylic acids is 1. The Kier molecular flexibility index (Phi) is 3.32. The molecule has 3 nitrogen and oxygen atoms in total. The molecule has 78 valence electrons. The number of carboxylic acids is 1. The van der Waals surface area contributed by atoms with Crippen LogP contribution in [0.1, 0.15) is 20.3 Å². The van der Waals surface area contributed by atoms with Gasteiger partial charge in [0.25, 0.3) is 5.60 Å². The smallest absolute Gasteiger partial charge is 0.428 e. The van der Waals surface area contributed by atoms with Crippen molar-refractivity contribution in [1.82, 2.24) is 0 Å². The molecule has 0 aromatic carbocycles. The van der Waals surface area contributed by atoms with Gasteiger partial charge in [-0.15, -0.1) is 0 Å². The van der Waals surface area contributed by atoms with Crippen LogP contribution in [-0.2, 0) is 4.79 Å². The van der Waals surface area contributed by atoms with Crippen molar-refractivity contribution in [3.8, 4) is 0 Å². The molecule has 6 heteroatoms. The molecule has 2 N–H and O–H groups in total. The molecular formula is C7H11F3O3. The second kappa shape index (κ2) is 3.53. The van der Waals surface area contributed by atoms with Crippen LogP contribution in [0.2, 0.25) is 0 Å². The largest absolute Gasteiger partial charge is 0.479 e. The lowest BCUT2D eigenvalue weighted by Gasteiger charge is -2.27. The number of carboxylic acid groups (broad SMARTS) is 1. The highest BCUT2D eigenvalue weighted by Crippen LogP contribution is 2.35. The normalized spacial score (nSPS) is 17.2. The van der Waals surface area contributed by atoms with Gasteiger partial charge < -0.3 is 10.2 Å². The average Bonchev–Trinajstić information content (AvgIpc) is 1.82. The molecule has 1 atom stereocenters. The number of rotatable bonds is 3. The first-order valence-corrected chi connectivity index (χ1v) is 3.63. The Labute approximate surface area is 73.2 Å². The maximum atomic E-state index is 12.1. The summed E-state index contributed by atoms with van der Waals surface area (Å²) < 4.78 is 36.3. The highest BCUT2D eigenvalue weighted by Gasteiger charge is 2.59. The van der Waals surface area contributed by atoms with Crippen molar-refractivity contribution in [3.05, 3.63) is 0 Å². The monoisotopic (exact) mass is 200 g/mol. The third kappa shape index (κ3) is 2.58. The van der Waals surface area contributed by atoms with Crippen molar-refractivity contribution in [3.63, 3.8) is 0 Å². The quantitative estimate of drug-likeness (QED) is 0.724. The Hall–Kier alpha value is -0.780. The van der Waals surface area contributed by atoms with Crippen LogP contribution in [0.15, 0.2) is 0 Å². The molecule has 1 unspecified atom stereocenters. The summed E-state index contributed by atoms with van der Waals surface area (Å²) in [6.45, 7) is 2.80. The predicted molar refractivity (Wildman–Crippen MR) is 38.1 cm³/mol. The lowest BCUT2D eigenvalue weighted by Crippen LogP contribution is -2.52. The highest BCUT2D eigenvalue weighted by atomic mass is 19.4. The van der Waals surface area contributed by atoms with E-state index in [-0.39, 0.29) is 0 Å². The fraction of sp³-hybridized carbons (Fsp3) is 0.857. The zero-order chi connectivity index (χ0) is 10.9. The minimum Gasteiger partial charge on any atom is -0.479 e. The van der Waals surface area contributed by atoms with Crippen molar-refractivity contribution in [1.29, 1.82) is 0 Å². The Morgan fingerprint density at radius 1 is 1.38 bits per heavy atom. The lowest BCUT2D eigenvalue weighted by molar-refractivity contribution is -0.264.